The van der Waals surface area contributed by atoms with Gasteiger partial charge in [0, 0.05) is 12.5 Å². The van der Waals surface area contributed by atoms with Crippen molar-refractivity contribution in [3.05, 3.63) is 41.0 Å². The summed E-state index contributed by atoms with van der Waals surface area (Å²) in [7, 11) is 0. The van der Waals surface area contributed by atoms with Gasteiger partial charge >= 0.3 is 0 Å². The van der Waals surface area contributed by atoms with E-state index in [0.29, 0.717) is 12.5 Å². The molecule has 1 atom stereocenters. The molecule has 112 valence electrons. The molecular weight excluding hydrogens is 266 g/mol. The van der Waals surface area contributed by atoms with Gasteiger partial charge in [0.15, 0.2) is 12.4 Å². The van der Waals surface area contributed by atoms with Crippen molar-refractivity contribution in [1.29, 1.82) is 0 Å². The Balaban J connectivity index is 1.65. The van der Waals surface area contributed by atoms with Crippen LogP contribution in [0.2, 0.25) is 0 Å². The van der Waals surface area contributed by atoms with Crippen LogP contribution in [0.3, 0.4) is 0 Å². The lowest BCUT2D eigenvalue weighted by Crippen LogP contribution is -2.17. The number of nitrogens with zero attached hydrogens (tertiary/aromatic N) is 2. The summed E-state index contributed by atoms with van der Waals surface area (Å²) in [6.45, 7) is 2.39. The van der Waals surface area contributed by atoms with E-state index < -0.39 is 0 Å². The molecule has 0 bridgehead atoms. The van der Waals surface area contributed by atoms with Crippen molar-refractivity contribution in [3.8, 4) is 5.75 Å². The number of hydrogen-bond donors (Lipinski definition) is 1. The van der Waals surface area contributed by atoms with Crippen molar-refractivity contribution < 1.29 is 9.26 Å². The van der Waals surface area contributed by atoms with Crippen molar-refractivity contribution in [2.24, 2.45) is 5.73 Å². The fraction of sp³-hybridized carbons (Fsp3) is 0.500. The predicted molar refractivity (Wildman–Crippen MR) is 78.9 cm³/mol. The first-order chi connectivity index (χ1) is 10.3. The summed E-state index contributed by atoms with van der Waals surface area (Å²) < 4.78 is 10.9. The molecule has 0 spiro atoms. The van der Waals surface area contributed by atoms with E-state index in [1.54, 1.807) is 0 Å². The van der Waals surface area contributed by atoms with Gasteiger partial charge in [-0.25, -0.2) is 0 Å². The lowest BCUT2D eigenvalue weighted by Gasteiger charge is -2.22. The highest BCUT2D eigenvalue weighted by molar-refractivity contribution is 5.38. The van der Waals surface area contributed by atoms with E-state index in [2.05, 4.69) is 29.2 Å². The summed E-state index contributed by atoms with van der Waals surface area (Å²) >= 11 is 0. The van der Waals surface area contributed by atoms with Crippen LogP contribution in [0.25, 0.3) is 0 Å². The second-order valence-corrected chi connectivity index (χ2v) is 5.50. The minimum atomic E-state index is 0.162. The smallest absolute Gasteiger partial charge is 0.264 e. The van der Waals surface area contributed by atoms with Gasteiger partial charge < -0.3 is 15.0 Å². The largest absolute Gasteiger partial charge is 0.484 e. The molecule has 0 saturated heterocycles. The number of fused-ring (bicyclic) bond motifs is 1. The molecule has 1 heterocycles. The van der Waals surface area contributed by atoms with E-state index in [1.807, 2.05) is 6.07 Å². The SMILES string of the molecule is CCCc1noc(COc2ccc3c(c2)CCCC3N)n1. The van der Waals surface area contributed by atoms with Gasteiger partial charge in [0.1, 0.15) is 5.75 Å². The predicted octanol–water partition coefficient (Wildman–Crippen LogP) is 2.94. The molecule has 0 amide bonds. The summed E-state index contributed by atoms with van der Waals surface area (Å²) in [6.07, 6.45) is 5.11. The number of aromatic nitrogens is 2. The fourth-order valence-electron chi connectivity index (χ4n) is 2.74. The number of aryl methyl sites for hydroxylation is 2. The molecule has 21 heavy (non-hydrogen) atoms. The summed E-state index contributed by atoms with van der Waals surface area (Å²) in [5.74, 6) is 2.10. The highest BCUT2D eigenvalue weighted by atomic mass is 16.5. The van der Waals surface area contributed by atoms with Gasteiger partial charge in [0.05, 0.1) is 0 Å². The molecule has 1 aromatic carbocycles. The molecule has 1 unspecified atom stereocenters. The molecule has 2 aromatic rings. The number of hydrogen-bond acceptors (Lipinski definition) is 5. The molecule has 1 aromatic heterocycles. The van der Waals surface area contributed by atoms with Crippen molar-refractivity contribution in [2.45, 2.75) is 51.7 Å². The second-order valence-electron chi connectivity index (χ2n) is 5.50. The molecule has 0 radical (unpaired) electrons. The third kappa shape index (κ3) is 3.24. The van der Waals surface area contributed by atoms with E-state index in [0.717, 1.165) is 43.7 Å². The summed E-state index contributed by atoms with van der Waals surface area (Å²) in [5, 5.41) is 3.92. The van der Waals surface area contributed by atoms with Crippen LogP contribution in [0, 0.1) is 0 Å². The van der Waals surface area contributed by atoms with E-state index in [1.165, 1.54) is 11.1 Å². The summed E-state index contributed by atoms with van der Waals surface area (Å²) in [5.41, 5.74) is 8.66. The monoisotopic (exact) mass is 287 g/mol. The summed E-state index contributed by atoms with van der Waals surface area (Å²) in [6, 6.07) is 6.28. The Bertz CT molecular complexity index is 609. The second kappa shape index (κ2) is 6.26. The quantitative estimate of drug-likeness (QED) is 0.915. The first kappa shape index (κ1) is 14.1. The van der Waals surface area contributed by atoms with Crippen LogP contribution >= 0.6 is 0 Å². The zero-order chi connectivity index (χ0) is 14.7. The van der Waals surface area contributed by atoms with Crippen LogP contribution in [0.15, 0.2) is 22.7 Å². The maximum absolute atomic E-state index is 6.12. The molecule has 0 aliphatic heterocycles. The highest BCUT2D eigenvalue weighted by Crippen LogP contribution is 2.30. The highest BCUT2D eigenvalue weighted by Gasteiger charge is 2.17. The normalized spacial score (nSPS) is 17.5. The fourth-order valence-corrected chi connectivity index (χ4v) is 2.74. The van der Waals surface area contributed by atoms with Gasteiger partial charge in [-0.05, 0) is 48.9 Å². The molecule has 0 saturated carbocycles. The van der Waals surface area contributed by atoms with E-state index in [-0.39, 0.29) is 6.04 Å². The molecule has 3 rings (SSSR count). The summed E-state index contributed by atoms with van der Waals surface area (Å²) in [4.78, 5) is 4.29. The third-order valence-corrected chi connectivity index (χ3v) is 3.82. The Kier molecular flexibility index (Phi) is 4.20. The van der Waals surface area contributed by atoms with Crippen molar-refractivity contribution in [3.63, 3.8) is 0 Å². The van der Waals surface area contributed by atoms with Crippen LogP contribution in [-0.4, -0.2) is 10.1 Å². The number of nitrogens with two attached hydrogens (primary N) is 1. The van der Waals surface area contributed by atoms with Gasteiger partial charge in [0.2, 0.25) is 0 Å². The number of rotatable bonds is 5. The van der Waals surface area contributed by atoms with E-state index in [9.17, 15) is 0 Å². The lowest BCUT2D eigenvalue weighted by atomic mass is 9.88. The molecule has 5 heteroatoms. The van der Waals surface area contributed by atoms with Crippen LogP contribution in [0.4, 0.5) is 0 Å². The number of benzene rings is 1. The molecule has 1 aliphatic carbocycles. The lowest BCUT2D eigenvalue weighted by molar-refractivity contribution is 0.242. The van der Waals surface area contributed by atoms with Gasteiger partial charge in [-0.3, -0.25) is 0 Å². The maximum Gasteiger partial charge on any atom is 0.264 e. The first-order valence-corrected chi connectivity index (χ1v) is 7.59. The van der Waals surface area contributed by atoms with Crippen molar-refractivity contribution in [1.82, 2.24) is 10.1 Å². The Morgan fingerprint density at radius 3 is 3.19 bits per heavy atom. The average Bonchev–Trinajstić information content (AvgIpc) is 2.93. The molecule has 5 nitrogen and oxygen atoms in total. The van der Waals surface area contributed by atoms with E-state index >= 15 is 0 Å². The van der Waals surface area contributed by atoms with Gasteiger partial charge in [-0.1, -0.05) is 18.1 Å². The maximum atomic E-state index is 6.12. The van der Waals surface area contributed by atoms with Crippen LogP contribution in [0.1, 0.15) is 55.1 Å². The Morgan fingerprint density at radius 1 is 1.43 bits per heavy atom. The number of ether oxygens (including phenoxy) is 1. The first-order valence-electron chi connectivity index (χ1n) is 7.59. The topological polar surface area (TPSA) is 74.2 Å². The van der Waals surface area contributed by atoms with Gasteiger partial charge in [0.25, 0.3) is 5.89 Å². The standard InChI is InChI=1S/C16H21N3O2/c1-2-4-15-18-16(21-19-15)10-20-12-7-8-13-11(9-12)5-3-6-14(13)17/h7-9,14H,2-6,10,17H2,1H3. The third-order valence-electron chi connectivity index (χ3n) is 3.82. The van der Waals surface area contributed by atoms with Crippen LogP contribution in [-0.2, 0) is 19.4 Å². The Morgan fingerprint density at radius 2 is 2.33 bits per heavy atom. The van der Waals surface area contributed by atoms with Crippen LogP contribution < -0.4 is 10.5 Å². The van der Waals surface area contributed by atoms with Crippen molar-refractivity contribution >= 4 is 0 Å². The molecule has 1 aliphatic rings. The van der Waals surface area contributed by atoms with Crippen molar-refractivity contribution in [2.75, 3.05) is 0 Å². The zero-order valence-electron chi connectivity index (χ0n) is 12.3. The average molecular weight is 287 g/mol. The van der Waals surface area contributed by atoms with Gasteiger partial charge in [-0.2, -0.15) is 4.98 Å². The molecule has 2 N–H and O–H groups in total. The molecule has 0 fully saturated rings. The Hall–Kier alpha value is -1.88. The van der Waals surface area contributed by atoms with E-state index in [4.69, 9.17) is 15.0 Å². The Labute approximate surface area is 124 Å². The minimum Gasteiger partial charge on any atom is -0.484 e. The molecular formula is C16H21N3O2. The van der Waals surface area contributed by atoms with Crippen LogP contribution in [0.5, 0.6) is 5.75 Å². The van der Waals surface area contributed by atoms with Gasteiger partial charge in [-0.15, -0.1) is 0 Å². The minimum absolute atomic E-state index is 0.162. The zero-order valence-corrected chi connectivity index (χ0v) is 12.3.